The largest absolute Gasteiger partial charge is 0.497 e. The highest BCUT2D eigenvalue weighted by molar-refractivity contribution is 5.86. The fraction of sp³-hybridized carbons (Fsp3) is 0.643. The molecule has 6 rings (SSSR count). The van der Waals surface area contributed by atoms with Gasteiger partial charge in [0.1, 0.15) is 5.76 Å². The summed E-state index contributed by atoms with van der Waals surface area (Å²) >= 11 is 0. The fourth-order valence-corrected chi connectivity index (χ4v) is 7.33. The van der Waals surface area contributed by atoms with E-state index in [2.05, 4.69) is 17.0 Å². The van der Waals surface area contributed by atoms with E-state index < -0.39 is 35.7 Å². The molecule has 1 spiro atoms. The van der Waals surface area contributed by atoms with Gasteiger partial charge in [0.15, 0.2) is 23.2 Å². The van der Waals surface area contributed by atoms with Crippen molar-refractivity contribution in [3.05, 3.63) is 35.1 Å². The number of nitrogens with zero attached hydrogens (tertiary/aromatic N) is 1. The topological polar surface area (TPSA) is 104 Å². The van der Waals surface area contributed by atoms with E-state index in [1.165, 1.54) is 0 Å². The van der Waals surface area contributed by atoms with Gasteiger partial charge in [-0.2, -0.15) is 0 Å². The molecule has 4 atom stereocenters. The van der Waals surface area contributed by atoms with Crippen molar-refractivity contribution >= 4 is 11.9 Å². The number of rotatable bonds is 5. The Morgan fingerprint density at radius 3 is 2.62 bits per heavy atom. The highest BCUT2D eigenvalue weighted by atomic mass is 16.7. The van der Waals surface area contributed by atoms with E-state index in [4.69, 9.17) is 23.7 Å². The number of fused-ring (bicyclic) bond motifs is 3. The first-order valence-electron chi connectivity index (χ1n) is 13.2. The van der Waals surface area contributed by atoms with Crippen LogP contribution in [0.2, 0.25) is 0 Å². The molecule has 0 saturated carbocycles. The number of ether oxygens (including phenoxy) is 5. The van der Waals surface area contributed by atoms with Gasteiger partial charge in [-0.05, 0) is 88.3 Å². The number of aliphatic carboxylic acids is 1. The summed E-state index contributed by atoms with van der Waals surface area (Å²) in [6.07, 6.45) is 5.51. The first-order chi connectivity index (χ1) is 17.7. The molecule has 1 aromatic carbocycles. The van der Waals surface area contributed by atoms with Crippen LogP contribution in [-0.4, -0.2) is 71.8 Å². The third-order valence-corrected chi connectivity index (χ3v) is 8.84. The Morgan fingerprint density at radius 2 is 1.89 bits per heavy atom. The lowest BCUT2D eigenvalue weighted by Crippen LogP contribution is -2.54. The quantitative estimate of drug-likeness (QED) is 0.592. The van der Waals surface area contributed by atoms with E-state index in [0.29, 0.717) is 24.4 Å². The second-order valence-corrected chi connectivity index (χ2v) is 11.6. The molecule has 9 nitrogen and oxygen atoms in total. The zero-order valence-corrected chi connectivity index (χ0v) is 21.7. The van der Waals surface area contributed by atoms with Gasteiger partial charge in [0, 0.05) is 6.54 Å². The maximum absolute atomic E-state index is 14.0. The van der Waals surface area contributed by atoms with Crippen LogP contribution in [0.15, 0.2) is 24.0 Å². The molecule has 5 aliphatic rings. The molecule has 0 amide bonds. The van der Waals surface area contributed by atoms with Gasteiger partial charge >= 0.3 is 11.9 Å². The van der Waals surface area contributed by atoms with Crippen LogP contribution >= 0.6 is 0 Å². The Kier molecular flexibility index (Phi) is 5.73. The van der Waals surface area contributed by atoms with Gasteiger partial charge < -0.3 is 28.8 Å². The van der Waals surface area contributed by atoms with Crippen LogP contribution in [0.1, 0.15) is 69.4 Å². The second-order valence-electron chi connectivity index (χ2n) is 11.6. The number of carboxylic acid groups (broad SMARTS) is 1. The van der Waals surface area contributed by atoms with Gasteiger partial charge in [0.05, 0.1) is 30.6 Å². The smallest absolute Gasteiger partial charge is 0.339 e. The normalized spacial score (nSPS) is 33.5. The Labute approximate surface area is 216 Å². The maximum Gasteiger partial charge on any atom is 0.339 e. The minimum Gasteiger partial charge on any atom is -0.497 e. The first kappa shape index (κ1) is 24.6. The Morgan fingerprint density at radius 1 is 1.11 bits per heavy atom. The molecule has 4 aliphatic heterocycles. The van der Waals surface area contributed by atoms with Crippen LogP contribution in [0.4, 0.5) is 0 Å². The number of esters is 1. The molecule has 1 unspecified atom stereocenters. The third-order valence-electron chi connectivity index (χ3n) is 8.84. The molecule has 1 aromatic rings. The van der Waals surface area contributed by atoms with Crippen LogP contribution in [0, 0.1) is 0 Å². The lowest BCUT2D eigenvalue weighted by atomic mass is 9.77. The Hall–Kier alpha value is -2.78. The van der Waals surface area contributed by atoms with Crippen molar-refractivity contribution in [2.75, 3.05) is 27.0 Å². The van der Waals surface area contributed by atoms with Crippen molar-refractivity contribution in [2.45, 2.75) is 87.6 Å². The zero-order chi connectivity index (χ0) is 26.0. The molecule has 9 heteroatoms. The number of carbonyl (C=O) groups excluding carboxylic acids is 1. The molecule has 1 N–H and O–H groups in total. The molecule has 0 radical (unpaired) electrons. The van der Waals surface area contributed by atoms with Crippen molar-refractivity contribution in [3.63, 3.8) is 0 Å². The molecule has 2 fully saturated rings. The first-order valence-corrected chi connectivity index (χ1v) is 13.2. The maximum atomic E-state index is 14.0. The number of methoxy groups -OCH3 is 1. The molecular formula is C28H35NO8. The molecule has 4 heterocycles. The fourth-order valence-electron chi connectivity index (χ4n) is 7.33. The van der Waals surface area contributed by atoms with Crippen molar-refractivity contribution < 1.29 is 38.4 Å². The molecule has 37 heavy (non-hydrogen) atoms. The lowest BCUT2D eigenvalue weighted by Gasteiger charge is -2.44. The minimum atomic E-state index is -1.54. The van der Waals surface area contributed by atoms with E-state index in [9.17, 15) is 14.7 Å². The van der Waals surface area contributed by atoms with Gasteiger partial charge in [-0.25, -0.2) is 4.79 Å². The summed E-state index contributed by atoms with van der Waals surface area (Å²) in [7, 11) is 1.60. The summed E-state index contributed by atoms with van der Waals surface area (Å²) in [5.74, 6) is 0.0737. The zero-order valence-electron chi connectivity index (χ0n) is 21.7. The minimum absolute atomic E-state index is 0.185. The van der Waals surface area contributed by atoms with Gasteiger partial charge in [0.2, 0.25) is 6.79 Å². The Balaban J connectivity index is 1.42. The number of benzene rings is 1. The predicted octanol–water partition coefficient (Wildman–Crippen LogP) is 3.54. The molecular weight excluding hydrogens is 478 g/mol. The molecule has 1 aliphatic carbocycles. The summed E-state index contributed by atoms with van der Waals surface area (Å²) in [6, 6.07) is 4.09. The average molecular weight is 514 g/mol. The van der Waals surface area contributed by atoms with E-state index >= 15 is 0 Å². The van der Waals surface area contributed by atoms with Crippen molar-refractivity contribution in [1.82, 2.24) is 4.90 Å². The van der Waals surface area contributed by atoms with E-state index in [-0.39, 0.29) is 18.2 Å². The number of hydrogen-bond donors (Lipinski definition) is 1. The van der Waals surface area contributed by atoms with Crippen LogP contribution < -0.4 is 9.47 Å². The number of hydrogen-bond acceptors (Lipinski definition) is 8. The van der Waals surface area contributed by atoms with Crippen molar-refractivity contribution in [3.8, 4) is 11.5 Å². The van der Waals surface area contributed by atoms with Gasteiger partial charge in [-0.15, -0.1) is 0 Å². The molecule has 0 bridgehead atoms. The number of carboxylic acids is 1. The summed E-state index contributed by atoms with van der Waals surface area (Å²) in [5, 5.41) is 9.72. The van der Waals surface area contributed by atoms with E-state index in [0.717, 1.165) is 55.6 Å². The van der Waals surface area contributed by atoms with Crippen LogP contribution in [-0.2, 0) is 30.2 Å². The standard InChI is InChI=1S/C28H35NO8/c1-26(2)7-4-9-28(37-26,15-22(30)31)25(32)36-24-21(33-3)14-27-8-5-10-29(27)11-6-17-12-19-20(35-16-34-19)13-18(17)23(24)27/h12-14,23-24H,4-11,15-16H2,1-3H3,(H,30,31)/t23-,24?,27-,28-/m1/s1. The summed E-state index contributed by atoms with van der Waals surface area (Å²) < 4.78 is 29.8. The van der Waals surface area contributed by atoms with Gasteiger partial charge in [-0.1, -0.05) is 0 Å². The monoisotopic (exact) mass is 513 g/mol. The highest BCUT2D eigenvalue weighted by Gasteiger charge is 2.59. The SMILES string of the molecule is COC1=C[C@@]23CCCN2CCc2cc4c(cc2[C@@H]3C1OC(=O)[C@]1(CC(=O)O)CCCC(C)(C)O1)OCO4. The van der Waals surface area contributed by atoms with Crippen molar-refractivity contribution in [1.29, 1.82) is 0 Å². The van der Waals surface area contributed by atoms with E-state index in [1.807, 2.05) is 19.9 Å². The summed E-state index contributed by atoms with van der Waals surface area (Å²) in [6.45, 7) is 5.79. The van der Waals surface area contributed by atoms with Gasteiger partial charge in [-0.3, -0.25) is 9.69 Å². The second kappa shape index (κ2) is 8.63. The predicted molar refractivity (Wildman–Crippen MR) is 132 cm³/mol. The summed E-state index contributed by atoms with van der Waals surface area (Å²) in [4.78, 5) is 28.3. The third kappa shape index (κ3) is 3.89. The molecule has 0 aromatic heterocycles. The average Bonchev–Trinajstić information content (AvgIpc) is 3.51. The lowest BCUT2D eigenvalue weighted by molar-refractivity contribution is -0.216. The highest BCUT2D eigenvalue weighted by Crippen LogP contribution is 2.56. The van der Waals surface area contributed by atoms with Crippen LogP contribution in [0.25, 0.3) is 0 Å². The summed E-state index contributed by atoms with van der Waals surface area (Å²) in [5.41, 5.74) is -0.322. The number of carbonyl (C=O) groups is 2. The Bertz CT molecular complexity index is 1160. The van der Waals surface area contributed by atoms with Crippen LogP contribution in [0.5, 0.6) is 11.5 Å². The van der Waals surface area contributed by atoms with E-state index in [1.54, 1.807) is 7.11 Å². The molecule has 2 saturated heterocycles. The van der Waals surface area contributed by atoms with Crippen molar-refractivity contribution in [2.24, 2.45) is 0 Å². The molecule has 200 valence electrons. The van der Waals surface area contributed by atoms with Crippen LogP contribution in [0.3, 0.4) is 0 Å². The van der Waals surface area contributed by atoms with Gasteiger partial charge in [0.25, 0.3) is 0 Å².